The van der Waals surface area contributed by atoms with Gasteiger partial charge >= 0.3 is 12.1 Å². The average Bonchev–Trinajstić information content (AvgIpc) is 3.45. The number of guanidine groups is 1. The topological polar surface area (TPSA) is 170 Å². The molecule has 10 nitrogen and oxygen atoms in total. The van der Waals surface area contributed by atoms with E-state index in [0.29, 0.717) is 30.9 Å². The molecule has 1 saturated heterocycles. The Balaban J connectivity index is 0.000000509. The number of amides is 1. The van der Waals surface area contributed by atoms with Crippen LogP contribution in [0.3, 0.4) is 0 Å². The fourth-order valence-electron chi connectivity index (χ4n) is 3.09. The molecule has 1 aliphatic rings. The lowest BCUT2D eigenvalue weighted by molar-refractivity contribution is -0.192. The van der Waals surface area contributed by atoms with Crippen molar-refractivity contribution in [1.82, 2.24) is 20.9 Å². The Labute approximate surface area is 196 Å². The summed E-state index contributed by atoms with van der Waals surface area (Å²) in [7, 11) is 0. The number of halogens is 3. The van der Waals surface area contributed by atoms with Crippen molar-refractivity contribution < 1.29 is 32.7 Å². The number of hydrogen-bond acceptors (Lipinski definition) is 7. The third-order valence-electron chi connectivity index (χ3n) is 4.80. The number of benzene rings is 1. The minimum atomic E-state index is -5.08. The molecule has 0 spiro atoms. The van der Waals surface area contributed by atoms with Gasteiger partial charge in [0.05, 0.1) is 22.2 Å². The summed E-state index contributed by atoms with van der Waals surface area (Å²) in [4.78, 5) is 38.9. The molecule has 0 aliphatic carbocycles. The molecule has 0 saturated carbocycles. The Hall–Kier alpha value is -3.26. The number of carbonyl (C=O) groups is 3. The number of Topliss-reactive ketones (excluding diaryl/α,β-unsaturated/α-hetero) is 1. The normalized spacial score (nSPS) is 16.3. The smallest absolute Gasteiger partial charge is 0.475 e. The Morgan fingerprint density at radius 2 is 2.00 bits per heavy atom. The second-order valence-corrected chi connectivity index (χ2v) is 8.42. The molecule has 1 unspecified atom stereocenters. The number of aromatic nitrogens is 1. The van der Waals surface area contributed by atoms with Gasteiger partial charge in [0.2, 0.25) is 11.7 Å². The molecule has 2 atom stereocenters. The first-order valence-electron chi connectivity index (χ1n) is 10.3. The third-order valence-corrected chi connectivity index (χ3v) is 5.85. The predicted molar refractivity (Wildman–Crippen MR) is 120 cm³/mol. The highest BCUT2D eigenvalue weighted by Crippen LogP contribution is 2.23. The molecule has 3 rings (SSSR count). The molecule has 1 aliphatic heterocycles. The van der Waals surface area contributed by atoms with Crippen molar-refractivity contribution in [3.8, 4) is 0 Å². The van der Waals surface area contributed by atoms with Gasteiger partial charge in [-0.05, 0) is 37.9 Å². The van der Waals surface area contributed by atoms with Gasteiger partial charge in [0.25, 0.3) is 0 Å². The monoisotopic (exact) mass is 502 g/mol. The molecule has 1 aromatic heterocycles. The number of carbonyl (C=O) groups excluding carboxylic acids is 2. The zero-order valence-corrected chi connectivity index (χ0v) is 18.8. The first kappa shape index (κ1) is 27.0. The van der Waals surface area contributed by atoms with E-state index in [9.17, 15) is 22.8 Å². The number of para-hydroxylation sites is 1. The number of nitrogens with two attached hydrogens (primary N) is 1. The van der Waals surface area contributed by atoms with E-state index in [0.717, 1.165) is 23.2 Å². The first-order chi connectivity index (χ1) is 16.0. The van der Waals surface area contributed by atoms with Gasteiger partial charge in [0.1, 0.15) is 0 Å². The molecule has 34 heavy (non-hydrogen) atoms. The van der Waals surface area contributed by atoms with Gasteiger partial charge < -0.3 is 26.8 Å². The molecule has 1 aromatic carbocycles. The Morgan fingerprint density at radius 3 is 2.56 bits per heavy atom. The number of rotatable bonds is 8. The van der Waals surface area contributed by atoms with Crippen molar-refractivity contribution >= 4 is 45.2 Å². The van der Waals surface area contributed by atoms with Crippen LogP contribution in [0.5, 0.6) is 0 Å². The molecular formula is C20H25F3N6O4S. The summed E-state index contributed by atoms with van der Waals surface area (Å²) in [5, 5.41) is 23.5. The lowest BCUT2D eigenvalue weighted by Gasteiger charge is -2.19. The second kappa shape index (κ2) is 12.3. The van der Waals surface area contributed by atoms with Crippen LogP contribution < -0.4 is 21.7 Å². The summed E-state index contributed by atoms with van der Waals surface area (Å²) in [6.45, 7) is 1.93. The summed E-state index contributed by atoms with van der Waals surface area (Å²) in [6, 6.07) is 6.97. The summed E-state index contributed by atoms with van der Waals surface area (Å²) in [5.41, 5.74) is 6.07. The number of thiazole rings is 1. The van der Waals surface area contributed by atoms with Crippen LogP contribution in [0.25, 0.3) is 10.2 Å². The van der Waals surface area contributed by atoms with Crippen LogP contribution in [0.1, 0.15) is 29.1 Å². The molecular weight excluding hydrogens is 477 g/mol. The number of nitrogens with one attached hydrogen (secondary N) is 4. The molecule has 14 heteroatoms. The number of fused-ring (bicyclic) bond motifs is 1. The number of carboxylic acid groups (broad SMARTS) is 1. The van der Waals surface area contributed by atoms with Crippen LogP contribution in [-0.2, 0) is 9.59 Å². The fourth-order valence-corrected chi connectivity index (χ4v) is 4.05. The van der Waals surface area contributed by atoms with E-state index in [2.05, 4.69) is 20.9 Å². The van der Waals surface area contributed by atoms with Gasteiger partial charge in [0, 0.05) is 13.1 Å². The largest absolute Gasteiger partial charge is 0.490 e. The van der Waals surface area contributed by atoms with E-state index in [4.69, 9.17) is 21.0 Å². The van der Waals surface area contributed by atoms with Crippen molar-refractivity contribution in [2.24, 2.45) is 11.7 Å². The molecule has 2 aromatic rings. The highest BCUT2D eigenvalue weighted by Gasteiger charge is 2.38. The van der Waals surface area contributed by atoms with Crippen LogP contribution in [0.4, 0.5) is 13.2 Å². The van der Waals surface area contributed by atoms with Crippen molar-refractivity contribution in [3.05, 3.63) is 29.3 Å². The van der Waals surface area contributed by atoms with Crippen molar-refractivity contribution in [3.63, 3.8) is 0 Å². The van der Waals surface area contributed by atoms with Gasteiger partial charge in [-0.25, -0.2) is 9.78 Å². The Kier molecular flexibility index (Phi) is 9.74. The van der Waals surface area contributed by atoms with Crippen molar-refractivity contribution in [2.75, 3.05) is 19.6 Å². The standard InChI is InChI=1S/C18H24N6O2S.C2HF3O2/c19-18(20)22-8-3-5-13(23-16(26)11-7-9-21-10-11)15(25)17-24-12-4-1-2-6-14(12)27-17;3-2(4,5)1(6)7/h1-2,4,6,11,13,21H,3,5,7-10H2,(H,23,26)(H4,19,20,22);(H,6,7)/t11-,13?;/m0./s1. The van der Waals surface area contributed by atoms with E-state index >= 15 is 0 Å². The molecule has 0 bridgehead atoms. The second-order valence-electron chi connectivity index (χ2n) is 7.39. The van der Waals surface area contributed by atoms with E-state index in [1.165, 1.54) is 11.3 Å². The quantitative estimate of drug-likeness (QED) is 0.136. The molecule has 0 radical (unpaired) electrons. The fraction of sp³-hybridized carbons (Fsp3) is 0.450. The molecule has 1 amide bonds. The number of alkyl halides is 3. The molecule has 1 fully saturated rings. The average molecular weight is 503 g/mol. The SMILES string of the molecule is N=C(N)NCCCC(NC(=O)[C@H]1CCNC1)C(=O)c1nc2ccccc2s1.O=C(O)C(F)(F)F. The highest BCUT2D eigenvalue weighted by atomic mass is 32.1. The van der Waals surface area contributed by atoms with E-state index in [1.807, 2.05) is 24.3 Å². The Morgan fingerprint density at radius 1 is 1.32 bits per heavy atom. The van der Waals surface area contributed by atoms with Gasteiger partial charge in [-0.2, -0.15) is 13.2 Å². The number of nitrogens with zero attached hydrogens (tertiary/aromatic N) is 1. The van der Waals surface area contributed by atoms with Crippen molar-refractivity contribution in [2.45, 2.75) is 31.5 Å². The molecule has 7 N–H and O–H groups in total. The van der Waals surface area contributed by atoms with Gasteiger partial charge in [-0.15, -0.1) is 11.3 Å². The van der Waals surface area contributed by atoms with Crippen LogP contribution in [0, 0.1) is 11.3 Å². The minimum Gasteiger partial charge on any atom is -0.475 e. The lowest BCUT2D eigenvalue weighted by atomic mass is 10.0. The van der Waals surface area contributed by atoms with Crippen LogP contribution in [-0.4, -0.2) is 65.6 Å². The zero-order valence-electron chi connectivity index (χ0n) is 17.9. The number of carboxylic acids is 1. The van der Waals surface area contributed by atoms with E-state index < -0.39 is 18.2 Å². The van der Waals surface area contributed by atoms with E-state index in [-0.39, 0.29) is 23.6 Å². The maximum atomic E-state index is 13.0. The maximum absolute atomic E-state index is 13.0. The predicted octanol–water partition coefficient (Wildman–Crippen LogP) is 1.47. The maximum Gasteiger partial charge on any atom is 0.490 e. The number of ketones is 1. The third kappa shape index (κ3) is 8.26. The molecule has 2 heterocycles. The van der Waals surface area contributed by atoms with E-state index in [1.54, 1.807) is 0 Å². The molecule has 186 valence electrons. The van der Waals surface area contributed by atoms with Gasteiger partial charge in [-0.1, -0.05) is 12.1 Å². The minimum absolute atomic E-state index is 0.0982. The number of aliphatic carboxylic acids is 1. The Bertz CT molecular complexity index is 990. The first-order valence-corrected chi connectivity index (χ1v) is 11.1. The summed E-state index contributed by atoms with van der Waals surface area (Å²) in [5.74, 6) is -3.24. The van der Waals surface area contributed by atoms with Crippen LogP contribution in [0.2, 0.25) is 0 Å². The lowest BCUT2D eigenvalue weighted by Crippen LogP contribution is -2.44. The highest BCUT2D eigenvalue weighted by molar-refractivity contribution is 7.20. The van der Waals surface area contributed by atoms with Gasteiger partial charge in [-0.3, -0.25) is 15.0 Å². The summed E-state index contributed by atoms with van der Waals surface area (Å²) >= 11 is 1.34. The summed E-state index contributed by atoms with van der Waals surface area (Å²) < 4.78 is 32.7. The van der Waals surface area contributed by atoms with Crippen LogP contribution in [0.15, 0.2) is 24.3 Å². The van der Waals surface area contributed by atoms with Crippen LogP contribution >= 0.6 is 11.3 Å². The van der Waals surface area contributed by atoms with Gasteiger partial charge in [0.15, 0.2) is 11.0 Å². The summed E-state index contributed by atoms with van der Waals surface area (Å²) in [6.07, 6.45) is -3.25. The van der Waals surface area contributed by atoms with Crippen molar-refractivity contribution in [1.29, 1.82) is 5.41 Å². The number of hydrogen-bond donors (Lipinski definition) is 6. The zero-order chi connectivity index (χ0) is 25.3.